The number of carbonyl (C=O) groups excluding carboxylic acids is 1. The summed E-state index contributed by atoms with van der Waals surface area (Å²) < 4.78 is 11.1. The minimum Gasteiger partial charge on any atom is -0.486 e. The Bertz CT molecular complexity index is 1050. The number of benzene rings is 2. The second-order valence-electron chi connectivity index (χ2n) is 7.75. The highest BCUT2D eigenvalue weighted by atomic mass is 16.6. The van der Waals surface area contributed by atoms with Gasteiger partial charge in [-0.3, -0.25) is 4.79 Å². The van der Waals surface area contributed by atoms with E-state index in [0.717, 1.165) is 48.5 Å². The maximum atomic E-state index is 12.7. The molecule has 1 N–H and O–H groups in total. The van der Waals surface area contributed by atoms with E-state index in [0.29, 0.717) is 24.9 Å². The highest BCUT2D eigenvalue weighted by Gasteiger charge is 2.26. The van der Waals surface area contributed by atoms with Crippen LogP contribution in [0.25, 0.3) is 11.1 Å². The van der Waals surface area contributed by atoms with Gasteiger partial charge in [0, 0.05) is 48.7 Å². The predicted molar refractivity (Wildman–Crippen MR) is 118 cm³/mol. The van der Waals surface area contributed by atoms with Crippen molar-refractivity contribution < 1.29 is 14.3 Å². The zero-order valence-corrected chi connectivity index (χ0v) is 17.2. The Balaban J connectivity index is 1.17. The van der Waals surface area contributed by atoms with Crippen LogP contribution in [0.2, 0.25) is 0 Å². The number of anilines is 2. The molecule has 1 amide bonds. The SMILES string of the molecule is O=C(Nc1ccc2c(c1)OCCO2)C1CCN(c2ncc(-c3ccccc3)cn2)CC1. The Morgan fingerprint density at radius 3 is 2.35 bits per heavy atom. The zero-order chi connectivity index (χ0) is 21.0. The predicted octanol–water partition coefficient (Wildman–Crippen LogP) is 3.77. The Hall–Kier alpha value is -3.61. The second-order valence-corrected chi connectivity index (χ2v) is 7.75. The zero-order valence-electron chi connectivity index (χ0n) is 17.2. The molecule has 7 heteroatoms. The summed E-state index contributed by atoms with van der Waals surface area (Å²) in [5, 5.41) is 3.02. The average Bonchev–Trinajstić information content (AvgIpc) is 2.85. The van der Waals surface area contributed by atoms with Gasteiger partial charge in [0.05, 0.1) is 0 Å². The Morgan fingerprint density at radius 1 is 0.903 bits per heavy atom. The Morgan fingerprint density at radius 2 is 1.61 bits per heavy atom. The van der Waals surface area contributed by atoms with E-state index in [9.17, 15) is 4.79 Å². The minimum absolute atomic E-state index is 0.0342. The standard InChI is InChI=1S/C24H24N4O3/c29-23(27-20-6-7-21-22(14-20)31-13-12-30-21)18-8-10-28(11-9-18)24-25-15-19(16-26-24)17-4-2-1-3-5-17/h1-7,14-16,18H,8-13H2,(H,27,29). The van der Waals surface area contributed by atoms with Gasteiger partial charge in [-0.15, -0.1) is 0 Å². The van der Waals surface area contributed by atoms with Crippen molar-refractivity contribution in [2.45, 2.75) is 12.8 Å². The number of hydrogen-bond acceptors (Lipinski definition) is 6. The van der Waals surface area contributed by atoms with Crippen molar-refractivity contribution in [3.8, 4) is 22.6 Å². The summed E-state index contributed by atoms with van der Waals surface area (Å²) >= 11 is 0. The fourth-order valence-electron chi connectivity index (χ4n) is 3.97. The van der Waals surface area contributed by atoms with Gasteiger partial charge in [0.1, 0.15) is 13.2 Å². The molecular formula is C24H24N4O3. The Labute approximate surface area is 181 Å². The van der Waals surface area contributed by atoms with Gasteiger partial charge in [0.2, 0.25) is 11.9 Å². The molecule has 0 radical (unpaired) electrons. The molecule has 1 fully saturated rings. The lowest BCUT2D eigenvalue weighted by molar-refractivity contribution is -0.120. The number of nitrogens with zero attached hydrogens (tertiary/aromatic N) is 3. The number of hydrogen-bond donors (Lipinski definition) is 1. The minimum atomic E-state index is -0.0342. The third-order valence-electron chi connectivity index (χ3n) is 5.70. The number of rotatable bonds is 4. The van der Waals surface area contributed by atoms with Gasteiger partial charge < -0.3 is 19.7 Å². The maximum Gasteiger partial charge on any atom is 0.227 e. The molecule has 7 nitrogen and oxygen atoms in total. The summed E-state index contributed by atoms with van der Waals surface area (Å²) in [6, 6.07) is 15.6. The molecule has 5 rings (SSSR count). The Kier molecular flexibility index (Phi) is 5.39. The molecule has 158 valence electrons. The summed E-state index contributed by atoms with van der Waals surface area (Å²) in [5.41, 5.74) is 2.83. The third kappa shape index (κ3) is 4.30. The molecule has 0 aliphatic carbocycles. The monoisotopic (exact) mass is 416 g/mol. The van der Waals surface area contributed by atoms with Crippen LogP contribution in [0.1, 0.15) is 12.8 Å². The van der Waals surface area contributed by atoms with Crippen molar-refractivity contribution >= 4 is 17.5 Å². The summed E-state index contributed by atoms with van der Waals surface area (Å²) in [6.45, 7) is 2.58. The van der Waals surface area contributed by atoms with E-state index in [1.54, 1.807) is 0 Å². The fraction of sp³-hybridized carbons (Fsp3) is 0.292. The van der Waals surface area contributed by atoms with Gasteiger partial charge in [-0.05, 0) is 30.5 Å². The molecule has 31 heavy (non-hydrogen) atoms. The van der Waals surface area contributed by atoms with Gasteiger partial charge in [0.15, 0.2) is 11.5 Å². The van der Waals surface area contributed by atoms with E-state index in [2.05, 4.69) is 20.2 Å². The number of carbonyl (C=O) groups is 1. The molecule has 3 heterocycles. The molecule has 0 unspecified atom stereocenters. The number of nitrogens with one attached hydrogen (secondary N) is 1. The lowest BCUT2D eigenvalue weighted by Crippen LogP contribution is -2.39. The van der Waals surface area contributed by atoms with Gasteiger partial charge in [-0.2, -0.15) is 0 Å². The van der Waals surface area contributed by atoms with Crippen LogP contribution >= 0.6 is 0 Å². The number of fused-ring (bicyclic) bond motifs is 1. The molecule has 2 aliphatic rings. The van der Waals surface area contributed by atoms with Crippen molar-refractivity contribution in [2.75, 3.05) is 36.5 Å². The van der Waals surface area contributed by atoms with Crippen LogP contribution in [0.5, 0.6) is 11.5 Å². The molecule has 1 saturated heterocycles. The number of ether oxygens (including phenoxy) is 2. The van der Waals surface area contributed by atoms with E-state index in [4.69, 9.17) is 9.47 Å². The number of piperidine rings is 1. The average molecular weight is 416 g/mol. The molecule has 3 aromatic rings. The summed E-state index contributed by atoms with van der Waals surface area (Å²) in [7, 11) is 0. The second kappa shape index (κ2) is 8.63. The van der Waals surface area contributed by atoms with Crippen LogP contribution in [0.4, 0.5) is 11.6 Å². The third-order valence-corrected chi connectivity index (χ3v) is 5.70. The van der Waals surface area contributed by atoms with Gasteiger partial charge in [0.25, 0.3) is 0 Å². The smallest absolute Gasteiger partial charge is 0.227 e. The molecule has 1 aromatic heterocycles. The van der Waals surface area contributed by atoms with Gasteiger partial charge >= 0.3 is 0 Å². The first-order valence-electron chi connectivity index (χ1n) is 10.6. The van der Waals surface area contributed by atoms with Crippen LogP contribution < -0.4 is 19.7 Å². The molecule has 0 atom stereocenters. The highest BCUT2D eigenvalue weighted by Crippen LogP contribution is 2.33. The van der Waals surface area contributed by atoms with Crippen molar-refractivity contribution in [2.24, 2.45) is 5.92 Å². The van der Waals surface area contributed by atoms with E-state index in [-0.39, 0.29) is 11.8 Å². The van der Waals surface area contributed by atoms with E-state index in [1.165, 1.54) is 0 Å². The fourth-order valence-corrected chi connectivity index (χ4v) is 3.97. The summed E-state index contributed by atoms with van der Waals surface area (Å²) in [6.07, 6.45) is 5.25. The topological polar surface area (TPSA) is 76.6 Å². The van der Waals surface area contributed by atoms with E-state index < -0.39 is 0 Å². The van der Waals surface area contributed by atoms with E-state index in [1.807, 2.05) is 60.9 Å². The molecule has 2 aromatic carbocycles. The van der Waals surface area contributed by atoms with Crippen LogP contribution in [0.3, 0.4) is 0 Å². The number of amides is 1. The largest absolute Gasteiger partial charge is 0.486 e. The van der Waals surface area contributed by atoms with Crippen molar-refractivity contribution in [1.82, 2.24) is 9.97 Å². The van der Waals surface area contributed by atoms with Crippen LogP contribution in [0.15, 0.2) is 60.9 Å². The normalized spacial score (nSPS) is 16.1. The van der Waals surface area contributed by atoms with Crippen LogP contribution in [-0.2, 0) is 4.79 Å². The molecular weight excluding hydrogens is 392 g/mol. The van der Waals surface area contributed by atoms with Crippen LogP contribution in [0, 0.1) is 5.92 Å². The lowest BCUT2D eigenvalue weighted by atomic mass is 9.96. The van der Waals surface area contributed by atoms with Gasteiger partial charge in [-0.25, -0.2) is 9.97 Å². The van der Waals surface area contributed by atoms with Crippen LogP contribution in [-0.4, -0.2) is 42.2 Å². The first-order valence-corrected chi connectivity index (χ1v) is 10.6. The summed E-state index contributed by atoms with van der Waals surface area (Å²) in [5.74, 6) is 2.11. The highest BCUT2D eigenvalue weighted by molar-refractivity contribution is 5.93. The number of aromatic nitrogens is 2. The molecule has 0 spiro atoms. The van der Waals surface area contributed by atoms with Crippen molar-refractivity contribution in [3.63, 3.8) is 0 Å². The maximum absolute atomic E-state index is 12.7. The molecule has 0 saturated carbocycles. The molecule has 2 aliphatic heterocycles. The first-order chi connectivity index (χ1) is 15.3. The lowest BCUT2D eigenvalue weighted by Gasteiger charge is -2.31. The quantitative estimate of drug-likeness (QED) is 0.698. The summed E-state index contributed by atoms with van der Waals surface area (Å²) in [4.78, 5) is 24.0. The van der Waals surface area contributed by atoms with Gasteiger partial charge in [-0.1, -0.05) is 30.3 Å². The van der Waals surface area contributed by atoms with Crippen molar-refractivity contribution in [1.29, 1.82) is 0 Å². The van der Waals surface area contributed by atoms with Crippen molar-refractivity contribution in [3.05, 3.63) is 60.9 Å². The van der Waals surface area contributed by atoms with E-state index >= 15 is 0 Å². The molecule has 0 bridgehead atoms. The first kappa shape index (κ1) is 19.4.